The fourth-order valence-corrected chi connectivity index (χ4v) is 2.30. The Morgan fingerprint density at radius 3 is 2.10 bits per heavy atom. The minimum Gasteiger partial charge on any atom is -0.134 e. The van der Waals surface area contributed by atoms with E-state index in [1.165, 1.54) is 0 Å². The summed E-state index contributed by atoms with van der Waals surface area (Å²) in [6, 6.07) is 20.5. The van der Waals surface area contributed by atoms with Crippen LogP contribution < -0.4 is 0 Å². The van der Waals surface area contributed by atoms with Crippen molar-refractivity contribution in [1.29, 1.82) is 0 Å². The molecule has 0 aliphatic heterocycles. The minimum absolute atomic E-state index is 0.825. The molecular weight excluding hydrogens is 272 g/mol. The molecule has 2 heteroatoms. The Morgan fingerprint density at radius 2 is 1.50 bits per heavy atom. The molecule has 0 aromatic heterocycles. The molecule has 0 nitrogen and oxygen atoms in total. The first-order chi connectivity index (χ1) is 9.79. The molecule has 2 aromatic rings. The lowest BCUT2D eigenvalue weighted by Gasteiger charge is -2.04. The third-order valence-electron chi connectivity index (χ3n) is 2.73. The number of benzene rings is 2. The summed E-state index contributed by atoms with van der Waals surface area (Å²) < 4.78 is 0. The van der Waals surface area contributed by atoms with Gasteiger partial charge >= 0.3 is 0 Å². The summed E-state index contributed by atoms with van der Waals surface area (Å²) in [6.45, 7) is 0. The fraction of sp³-hybridized carbons (Fsp3) is 0. The largest absolute Gasteiger partial charge is 0.147 e. The molecule has 0 aliphatic rings. The highest BCUT2D eigenvalue weighted by Crippen LogP contribution is 2.20. The van der Waals surface area contributed by atoms with Crippen molar-refractivity contribution in [1.82, 2.24) is 0 Å². The second-order valence-corrected chi connectivity index (χ2v) is 4.97. The van der Waals surface area contributed by atoms with Gasteiger partial charge in [-0.25, -0.2) is 0 Å². The van der Waals surface area contributed by atoms with Crippen molar-refractivity contribution < 1.29 is 0 Å². The van der Waals surface area contributed by atoms with E-state index in [0.29, 0.717) is 0 Å². The summed E-state index contributed by atoms with van der Waals surface area (Å²) in [5.74, 6) is 2.93. The molecule has 0 N–H and O–H groups in total. The van der Waals surface area contributed by atoms with Crippen molar-refractivity contribution in [2.75, 3.05) is 0 Å². The lowest BCUT2D eigenvalue weighted by atomic mass is 10.0. The molecule has 0 unspecified atom stereocenters. The van der Waals surface area contributed by atoms with Gasteiger partial charge in [0.2, 0.25) is 0 Å². The monoisotopic (exact) mass is 284 g/mol. The first-order valence-electron chi connectivity index (χ1n) is 6.23. The fourth-order valence-electron chi connectivity index (χ4n) is 1.83. The summed E-state index contributed by atoms with van der Waals surface area (Å²) in [7, 11) is 6.68. The van der Waals surface area contributed by atoms with Crippen LogP contribution in [0.1, 0.15) is 11.1 Å². The molecule has 0 saturated heterocycles. The maximum Gasteiger partial charge on any atom is 0.147 e. The van der Waals surface area contributed by atoms with E-state index >= 15 is 0 Å². The zero-order chi connectivity index (χ0) is 14.2. The van der Waals surface area contributed by atoms with Crippen LogP contribution in [-0.4, -0.2) is 20.5 Å². The molecule has 92 valence electrons. The van der Waals surface area contributed by atoms with Gasteiger partial charge in [-0.1, -0.05) is 66.6 Å². The van der Waals surface area contributed by atoms with Crippen molar-refractivity contribution in [3.63, 3.8) is 0 Å². The lowest BCUT2D eigenvalue weighted by molar-refractivity contribution is 1.61. The van der Waals surface area contributed by atoms with E-state index in [9.17, 15) is 0 Å². The molecular formula is C18H12Si2. The van der Waals surface area contributed by atoms with Crippen LogP contribution >= 0.6 is 0 Å². The Labute approximate surface area is 127 Å². The highest BCUT2D eigenvalue weighted by atomic mass is 28.1. The molecule has 0 atom stereocenters. The second kappa shape index (κ2) is 7.49. The van der Waals surface area contributed by atoms with E-state index in [4.69, 9.17) is 0 Å². The van der Waals surface area contributed by atoms with Crippen molar-refractivity contribution in [3.05, 3.63) is 83.1 Å². The van der Waals surface area contributed by atoms with Crippen LogP contribution in [0.15, 0.2) is 71.9 Å². The molecule has 6 radical (unpaired) electrons. The predicted octanol–water partition coefficient (Wildman–Crippen LogP) is 3.41. The quantitative estimate of drug-likeness (QED) is 0.351. The second-order valence-electron chi connectivity index (χ2n) is 4.18. The molecule has 0 spiro atoms. The van der Waals surface area contributed by atoms with Gasteiger partial charge in [0.1, 0.15) is 10.2 Å². The van der Waals surface area contributed by atoms with Gasteiger partial charge in [-0.3, -0.25) is 0 Å². The summed E-state index contributed by atoms with van der Waals surface area (Å²) in [5.41, 5.74) is 6.12. The van der Waals surface area contributed by atoms with Crippen LogP contribution in [0.2, 0.25) is 0 Å². The van der Waals surface area contributed by atoms with Crippen molar-refractivity contribution in [2.24, 2.45) is 0 Å². The standard InChI is InChI=1S/C18H12Si2/c19-12-11-18(20)14-17(16-9-5-2-6-10-16)13-15-7-3-1-4-8-15/h1-10,13-14H/b17-13-,18-14-. The van der Waals surface area contributed by atoms with Gasteiger partial charge in [0.05, 0.1) is 10.2 Å². The lowest BCUT2D eigenvalue weighted by Crippen LogP contribution is -1.85. The van der Waals surface area contributed by atoms with Crippen LogP contribution in [0.4, 0.5) is 0 Å². The van der Waals surface area contributed by atoms with Gasteiger partial charge in [0.25, 0.3) is 0 Å². The average molecular weight is 284 g/mol. The number of hydrogen-bond acceptors (Lipinski definition) is 0. The van der Waals surface area contributed by atoms with Gasteiger partial charge in [-0.2, -0.15) is 0 Å². The first kappa shape index (κ1) is 14.3. The van der Waals surface area contributed by atoms with Crippen molar-refractivity contribution in [2.45, 2.75) is 0 Å². The van der Waals surface area contributed by atoms with Crippen LogP contribution in [0.5, 0.6) is 0 Å². The SMILES string of the molecule is [Si]C#C/C([Si])=C/C(=C/c1ccccc1)c1ccccc1. The van der Waals surface area contributed by atoms with Gasteiger partial charge < -0.3 is 0 Å². The summed E-state index contributed by atoms with van der Waals surface area (Å²) in [4.78, 5) is 0. The van der Waals surface area contributed by atoms with Crippen LogP contribution in [0, 0.1) is 11.5 Å². The Kier molecular flexibility index (Phi) is 5.37. The molecule has 0 heterocycles. The van der Waals surface area contributed by atoms with E-state index in [-0.39, 0.29) is 0 Å². The molecule has 2 rings (SSSR count). The summed E-state index contributed by atoms with van der Waals surface area (Å²) in [6.07, 6.45) is 4.16. The van der Waals surface area contributed by atoms with E-state index in [2.05, 4.69) is 62.3 Å². The molecule has 0 aliphatic carbocycles. The summed E-state index contributed by atoms with van der Waals surface area (Å²) >= 11 is 0. The number of allylic oxidation sites excluding steroid dienone is 3. The smallest absolute Gasteiger partial charge is 0.134 e. The van der Waals surface area contributed by atoms with Crippen LogP contribution in [0.25, 0.3) is 11.6 Å². The highest BCUT2D eigenvalue weighted by Gasteiger charge is 1.99. The molecule has 0 amide bonds. The minimum atomic E-state index is 0.825. The van der Waals surface area contributed by atoms with Gasteiger partial charge in [-0.15, -0.1) is 5.54 Å². The topological polar surface area (TPSA) is 0 Å². The Balaban J connectivity index is 2.47. The van der Waals surface area contributed by atoms with E-state index in [0.717, 1.165) is 21.9 Å². The molecule has 0 bridgehead atoms. The van der Waals surface area contributed by atoms with E-state index < -0.39 is 0 Å². The first-order valence-corrected chi connectivity index (χ1v) is 7.23. The average Bonchev–Trinajstić information content (AvgIpc) is 2.49. The highest BCUT2D eigenvalue weighted by molar-refractivity contribution is 6.28. The molecule has 20 heavy (non-hydrogen) atoms. The predicted molar refractivity (Wildman–Crippen MR) is 88.1 cm³/mol. The zero-order valence-electron chi connectivity index (χ0n) is 10.9. The molecule has 0 saturated carbocycles. The third kappa shape index (κ3) is 4.23. The van der Waals surface area contributed by atoms with E-state index in [1.807, 2.05) is 42.5 Å². The molecule has 2 aromatic carbocycles. The molecule has 0 fully saturated rings. The van der Waals surface area contributed by atoms with Crippen molar-refractivity contribution >= 4 is 32.1 Å². The zero-order valence-corrected chi connectivity index (χ0v) is 12.9. The van der Waals surface area contributed by atoms with Gasteiger partial charge in [-0.05, 0) is 34.0 Å². The van der Waals surface area contributed by atoms with Gasteiger partial charge in [0.15, 0.2) is 0 Å². The normalized spacial score (nSPS) is 11.7. The van der Waals surface area contributed by atoms with Crippen molar-refractivity contribution in [3.8, 4) is 11.5 Å². The number of hydrogen-bond donors (Lipinski definition) is 0. The Bertz CT molecular complexity index is 672. The number of rotatable bonds is 3. The van der Waals surface area contributed by atoms with Crippen LogP contribution in [0.3, 0.4) is 0 Å². The van der Waals surface area contributed by atoms with E-state index in [1.54, 1.807) is 0 Å². The third-order valence-corrected chi connectivity index (χ3v) is 3.12. The Morgan fingerprint density at radius 1 is 0.900 bits per heavy atom. The van der Waals surface area contributed by atoms with Gasteiger partial charge in [0, 0.05) is 0 Å². The Hall–Kier alpha value is -2.09. The maximum absolute atomic E-state index is 3.52. The van der Waals surface area contributed by atoms with Crippen LogP contribution in [-0.2, 0) is 0 Å². The maximum atomic E-state index is 3.52. The summed E-state index contributed by atoms with van der Waals surface area (Å²) in [5, 5.41) is 0.825.